The minimum Gasteiger partial charge on any atom is -0.489 e. The molecule has 4 aromatic rings. The van der Waals surface area contributed by atoms with Crippen molar-refractivity contribution in [2.24, 2.45) is 0 Å². The number of ether oxygens (including phenoxy) is 3. The molecule has 1 aliphatic rings. The van der Waals surface area contributed by atoms with E-state index in [4.69, 9.17) is 34.8 Å². The first-order valence-electron chi connectivity index (χ1n) is 11.7. The van der Waals surface area contributed by atoms with Gasteiger partial charge in [0.05, 0.1) is 24.3 Å². The number of nitrogens with one attached hydrogen (secondary N) is 1. The summed E-state index contributed by atoms with van der Waals surface area (Å²) in [5, 5.41) is 17.3. The van der Waals surface area contributed by atoms with Crippen LogP contribution < -0.4 is 10.1 Å². The second-order valence-corrected chi connectivity index (χ2v) is 9.99. The second-order valence-electron chi connectivity index (χ2n) is 9.59. The highest BCUT2D eigenvalue weighted by atomic mass is 35.5. The van der Waals surface area contributed by atoms with E-state index in [1.807, 2.05) is 19.9 Å². The van der Waals surface area contributed by atoms with E-state index in [-0.39, 0.29) is 19.3 Å². The number of benzene rings is 2. The number of rotatable bonds is 6. The summed E-state index contributed by atoms with van der Waals surface area (Å²) in [5.41, 5.74) is 0.725. The van der Waals surface area contributed by atoms with Crippen molar-refractivity contribution in [3.05, 3.63) is 53.2 Å². The molecule has 0 aliphatic carbocycles. The van der Waals surface area contributed by atoms with Crippen LogP contribution in [-0.4, -0.2) is 46.4 Å². The average Bonchev–Trinajstić information content (AvgIpc) is 3.49. The van der Waals surface area contributed by atoms with E-state index in [1.165, 1.54) is 0 Å². The maximum Gasteiger partial charge on any atom is 0.405 e. The molecule has 5 rings (SSSR count). The highest BCUT2D eigenvalue weighted by Gasteiger charge is 2.45. The molecule has 37 heavy (non-hydrogen) atoms. The first-order valence-corrected chi connectivity index (χ1v) is 12.1. The number of hydrogen-bond donors (Lipinski definition) is 2. The van der Waals surface area contributed by atoms with Crippen LogP contribution in [0.2, 0.25) is 5.02 Å². The predicted octanol–water partition coefficient (Wildman–Crippen LogP) is 5.84. The quantitative estimate of drug-likeness (QED) is 0.318. The number of hydrogen-bond acceptors (Lipinski definition) is 8. The molecule has 0 spiro atoms. The van der Waals surface area contributed by atoms with E-state index < -0.39 is 17.4 Å². The molecule has 1 fully saturated rings. The SMILES string of the molecule is CC(C)Oc1ccc(-c2nc(-c3ccc4oc(C5(NC(=O)O)COC(C)(C)OC5)cc4c3)no2)cc1Cl. The lowest BCUT2D eigenvalue weighted by molar-refractivity contribution is -0.274. The summed E-state index contributed by atoms with van der Waals surface area (Å²) < 4.78 is 28.7. The molecule has 0 unspecified atom stereocenters. The van der Waals surface area contributed by atoms with Gasteiger partial charge in [0.25, 0.3) is 5.89 Å². The third kappa shape index (κ3) is 5.13. The molecule has 2 aromatic carbocycles. The Morgan fingerprint density at radius 3 is 2.51 bits per heavy atom. The number of furan rings is 1. The van der Waals surface area contributed by atoms with Gasteiger partial charge in [0, 0.05) is 16.5 Å². The normalized spacial score (nSPS) is 16.7. The Morgan fingerprint density at radius 1 is 1.11 bits per heavy atom. The lowest BCUT2D eigenvalue weighted by atomic mass is 9.96. The molecule has 10 nitrogen and oxygen atoms in total. The fourth-order valence-electron chi connectivity index (χ4n) is 4.02. The number of amides is 1. The Balaban J connectivity index is 1.43. The molecule has 1 aliphatic heterocycles. The number of aromatic nitrogens is 2. The zero-order valence-electron chi connectivity index (χ0n) is 20.7. The van der Waals surface area contributed by atoms with Crippen molar-refractivity contribution in [3.8, 4) is 28.6 Å². The van der Waals surface area contributed by atoms with Gasteiger partial charge in [0.1, 0.15) is 22.6 Å². The molecule has 1 amide bonds. The van der Waals surface area contributed by atoms with Gasteiger partial charge in [-0.1, -0.05) is 16.8 Å². The van der Waals surface area contributed by atoms with Crippen LogP contribution in [0, 0.1) is 0 Å². The molecule has 194 valence electrons. The summed E-state index contributed by atoms with van der Waals surface area (Å²) in [5.74, 6) is 0.816. The maximum absolute atomic E-state index is 11.6. The first kappa shape index (κ1) is 25.1. The van der Waals surface area contributed by atoms with Gasteiger partial charge in [-0.05, 0) is 70.2 Å². The van der Waals surface area contributed by atoms with Crippen molar-refractivity contribution in [2.45, 2.75) is 45.1 Å². The summed E-state index contributed by atoms with van der Waals surface area (Å²) in [7, 11) is 0. The van der Waals surface area contributed by atoms with Crippen molar-refractivity contribution >= 4 is 28.7 Å². The van der Waals surface area contributed by atoms with Gasteiger partial charge in [-0.15, -0.1) is 0 Å². The summed E-state index contributed by atoms with van der Waals surface area (Å²) in [6.45, 7) is 7.49. The Hall–Kier alpha value is -3.60. The molecular weight excluding hydrogens is 502 g/mol. The Labute approximate surface area is 217 Å². The molecule has 2 aromatic heterocycles. The Morgan fingerprint density at radius 2 is 1.84 bits per heavy atom. The predicted molar refractivity (Wildman–Crippen MR) is 135 cm³/mol. The second kappa shape index (κ2) is 9.37. The van der Waals surface area contributed by atoms with Crippen LogP contribution in [0.3, 0.4) is 0 Å². The van der Waals surface area contributed by atoms with Crippen LogP contribution in [0.4, 0.5) is 4.79 Å². The third-order valence-corrected chi connectivity index (χ3v) is 6.19. The lowest BCUT2D eigenvalue weighted by Gasteiger charge is -2.41. The van der Waals surface area contributed by atoms with Crippen LogP contribution in [0.1, 0.15) is 33.5 Å². The zero-order chi connectivity index (χ0) is 26.4. The van der Waals surface area contributed by atoms with Crippen LogP contribution in [-0.2, 0) is 15.0 Å². The van der Waals surface area contributed by atoms with E-state index in [2.05, 4.69) is 15.5 Å². The number of carbonyl (C=O) groups is 1. The largest absolute Gasteiger partial charge is 0.489 e. The van der Waals surface area contributed by atoms with Gasteiger partial charge in [-0.2, -0.15) is 4.98 Å². The summed E-state index contributed by atoms with van der Waals surface area (Å²) in [6, 6.07) is 12.4. The lowest BCUT2D eigenvalue weighted by Crippen LogP contribution is -2.58. The molecule has 1 saturated heterocycles. The first-order chi connectivity index (χ1) is 17.5. The van der Waals surface area contributed by atoms with E-state index >= 15 is 0 Å². The maximum atomic E-state index is 11.6. The number of halogens is 1. The van der Waals surface area contributed by atoms with Crippen LogP contribution in [0.15, 0.2) is 51.4 Å². The van der Waals surface area contributed by atoms with Crippen molar-refractivity contribution in [2.75, 3.05) is 13.2 Å². The molecule has 0 atom stereocenters. The molecule has 0 radical (unpaired) electrons. The van der Waals surface area contributed by atoms with Crippen LogP contribution in [0.5, 0.6) is 5.75 Å². The van der Waals surface area contributed by atoms with Crippen molar-refractivity contribution in [1.29, 1.82) is 0 Å². The Bertz CT molecular complexity index is 1450. The van der Waals surface area contributed by atoms with Gasteiger partial charge in [0.15, 0.2) is 5.79 Å². The summed E-state index contributed by atoms with van der Waals surface area (Å²) >= 11 is 6.35. The minimum absolute atomic E-state index is 0.00323. The number of nitrogens with zero attached hydrogens (tertiary/aromatic N) is 2. The topological polar surface area (TPSA) is 129 Å². The van der Waals surface area contributed by atoms with Gasteiger partial charge < -0.3 is 33.6 Å². The molecule has 2 N–H and O–H groups in total. The highest BCUT2D eigenvalue weighted by Crippen LogP contribution is 2.36. The highest BCUT2D eigenvalue weighted by molar-refractivity contribution is 6.32. The summed E-state index contributed by atoms with van der Waals surface area (Å²) in [4.78, 5) is 16.1. The van der Waals surface area contributed by atoms with Crippen molar-refractivity contribution < 1.29 is 33.1 Å². The zero-order valence-corrected chi connectivity index (χ0v) is 21.5. The molecule has 11 heteroatoms. The molecule has 0 bridgehead atoms. The van der Waals surface area contributed by atoms with Crippen molar-refractivity contribution in [3.63, 3.8) is 0 Å². The van der Waals surface area contributed by atoms with Gasteiger partial charge in [-0.25, -0.2) is 4.79 Å². The smallest absolute Gasteiger partial charge is 0.405 e. The van der Waals surface area contributed by atoms with E-state index in [9.17, 15) is 9.90 Å². The molecule has 3 heterocycles. The Kier molecular flexibility index (Phi) is 6.35. The van der Waals surface area contributed by atoms with Gasteiger partial charge in [-0.3, -0.25) is 0 Å². The van der Waals surface area contributed by atoms with Crippen LogP contribution >= 0.6 is 11.6 Å². The monoisotopic (exact) mass is 527 g/mol. The molecular formula is C26H26ClN3O7. The fourth-order valence-corrected chi connectivity index (χ4v) is 4.24. The minimum atomic E-state index is -1.21. The fraction of sp³-hybridized carbons (Fsp3) is 0.346. The van der Waals surface area contributed by atoms with E-state index in [0.29, 0.717) is 45.0 Å². The number of carboxylic acid groups (broad SMARTS) is 1. The average molecular weight is 528 g/mol. The number of fused-ring (bicyclic) bond motifs is 1. The summed E-state index contributed by atoms with van der Waals surface area (Å²) in [6.07, 6.45) is -1.22. The van der Waals surface area contributed by atoms with Gasteiger partial charge >= 0.3 is 6.09 Å². The van der Waals surface area contributed by atoms with Crippen LogP contribution in [0.25, 0.3) is 33.8 Å². The molecule has 0 saturated carbocycles. The van der Waals surface area contributed by atoms with E-state index in [1.54, 1.807) is 50.2 Å². The third-order valence-electron chi connectivity index (χ3n) is 5.89. The standard InChI is InChI=1S/C26H26ClN3O7/c1-14(2)35-20-8-6-16(10-18(20)27)23-28-22(30-37-23)15-5-7-19-17(9-15)11-21(36-19)26(29-24(31)32)12-33-25(3,4)34-13-26/h5-11,14,29H,12-13H2,1-4H3,(H,31,32). The van der Waals surface area contributed by atoms with Gasteiger partial charge in [0.2, 0.25) is 5.82 Å². The van der Waals surface area contributed by atoms with E-state index in [0.717, 1.165) is 5.39 Å². The van der Waals surface area contributed by atoms with Crippen molar-refractivity contribution in [1.82, 2.24) is 15.5 Å².